The standard InChI is InChI=1S/C21H22ClN5O3/c1-12-18(20(28)26-14-6-4-13(22)5-7-14)19(27-21(25-12)23-11-24-27)16-10-15(29-2)8-9-17(16)30-3/h4-12,18-19H,1-3H3,(H,26,28)(H,23,24,25)/t12-,18-,19-/m0/s1. The summed E-state index contributed by atoms with van der Waals surface area (Å²) >= 11 is 5.96. The van der Waals surface area contributed by atoms with Crippen molar-refractivity contribution >= 4 is 29.1 Å². The molecule has 30 heavy (non-hydrogen) atoms. The van der Waals surface area contributed by atoms with Crippen molar-refractivity contribution in [1.82, 2.24) is 14.8 Å². The number of hydrogen-bond acceptors (Lipinski definition) is 6. The van der Waals surface area contributed by atoms with E-state index in [2.05, 4.69) is 20.7 Å². The zero-order chi connectivity index (χ0) is 21.3. The van der Waals surface area contributed by atoms with Gasteiger partial charge in [0.05, 0.1) is 26.2 Å². The summed E-state index contributed by atoms with van der Waals surface area (Å²) in [7, 11) is 3.20. The molecule has 0 saturated carbocycles. The number of hydrogen-bond donors (Lipinski definition) is 2. The number of benzene rings is 2. The number of aromatic nitrogens is 3. The third-order valence-corrected chi connectivity index (χ3v) is 5.49. The molecule has 1 aliphatic rings. The zero-order valence-corrected chi connectivity index (χ0v) is 17.6. The van der Waals surface area contributed by atoms with Gasteiger partial charge in [0.2, 0.25) is 11.9 Å². The van der Waals surface area contributed by atoms with Crippen LogP contribution in [0.1, 0.15) is 18.5 Å². The highest BCUT2D eigenvalue weighted by molar-refractivity contribution is 6.30. The summed E-state index contributed by atoms with van der Waals surface area (Å²) in [6.07, 6.45) is 1.47. The molecule has 9 heteroatoms. The van der Waals surface area contributed by atoms with Crippen LogP contribution in [-0.4, -0.2) is 40.9 Å². The summed E-state index contributed by atoms with van der Waals surface area (Å²) in [4.78, 5) is 17.7. The maximum atomic E-state index is 13.4. The van der Waals surface area contributed by atoms with Crippen molar-refractivity contribution in [1.29, 1.82) is 0 Å². The lowest BCUT2D eigenvalue weighted by atomic mass is 9.85. The van der Waals surface area contributed by atoms with Crippen LogP contribution in [-0.2, 0) is 4.79 Å². The van der Waals surface area contributed by atoms with Gasteiger partial charge in [-0.3, -0.25) is 4.79 Å². The Bertz CT molecular complexity index is 1050. The molecule has 8 nitrogen and oxygen atoms in total. The van der Waals surface area contributed by atoms with Gasteiger partial charge in [0, 0.05) is 22.3 Å². The lowest BCUT2D eigenvalue weighted by molar-refractivity contribution is -0.121. The zero-order valence-electron chi connectivity index (χ0n) is 16.8. The number of nitrogens with one attached hydrogen (secondary N) is 2. The molecule has 0 aliphatic carbocycles. The third kappa shape index (κ3) is 3.66. The molecule has 0 unspecified atom stereocenters. The highest BCUT2D eigenvalue weighted by Gasteiger charge is 2.42. The second-order valence-electron chi connectivity index (χ2n) is 7.04. The number of nitrogens with zero attached hydrogens (tertiary/aromatic N) is 3. The molecule has 2 aromatic carbocycles. The normalized spacial score (nSPS) is 20.1. The predicted octanol–water partition coefficient (Wildman–Crippen LogP) is 3.61. The molecule has 156 valence electrons. The van der Waals surface area contributed by atoms with Crippen molar-refractivity contribution < 1.29 is 14.3 Å². The van der Waals surface area contributed by atoms with E-state index in [1.807, 2.05) is 25.1 Å². The van der Waals surface area contributed by atoms with E-state index in [1.165, 1.54) is 6.33 Å². The van der Waals surface area contributed by atoms with Gasteiger partial charge < -0.3 is 20.1 Å². The predicted molar refractivity (Wildman–Crippen MR) is 114 cm³/mol. The van der Waals surface area contributed by atoms with Crippen LogP contribution in [0.25, 0.3) is 0 Å². The topological polar surface area (TPSA) is 90.3 Å². The fourth-order valence-electron chi connectivity index (χ4n) is 3.80. The van der Waals surface area contributed by atoms with Crippen LogP contribution in [0.15, 0.2) is 48.8 Å². The van der Waals surface area contributed by atoms with Gasteiger partial charge in [-0.25, -0.2) is 4.68 Å². The van der Waals surface area contributed by atoms with Gasteiger partial charge in [-0.05, 0) is 49.4 Å². The number of amides is 1. The van der Waals surface area contributed by atoms with Crippen LogP contribution < -0.4 is 20.1 Å². The Morgan fingerprint density at radius 1 is 1.17 bits per heavy atom. The minimum Gasteiger partial charge on any atom is -0.497 e. The van der Waals surface area contributed by atoms with E-state index in [1.54, 1.807) is 43.2 Å². The molecule has 0 bridgehead atoms. The molecule has 0 fully saturated rings. The van der Waals surface area contributed by atoms with E-state index in [0.717, 1.165) is 5.56 Å². The molecule has 2 heterocycles. The average Bonchev–Trinajstić information content (AvgIpc) is 3.21. The molecule has 1 aromatic heterocycles. The maximum Gasteiger partial charge on any atom is 0.232 e. The lowest BCUT2D eigenvalue weighted by Crippen LogP contribution is -2.46. The van der Waals surface area contributed by atoms with Crippen LogP contribution in [0, 0.1) is 5.92 Å². The molecular formula is C21H22ClN5O3. The van der Waals surface area contributed by atoms with Crippen LogP contribution >= 0.6 is 11.6 Å². The van der Waals surface area contributed by atoms with Crippen molar-refractivity contribution in [3.63, 3.8) is 0 Å². The first-order valence-electron chi connectivity index (χ1n) is 9.46. The minimum atomic E-state index is -0.504. The summed E-state index contributed by atoms with van der Waals surface area (Å²) in [6, 6.07) is 11.9. The van der Waals surface area contributed by atoms with Gasteiger partial charge >= 0.3 is 0 Å². The largest absolute Gasteiger partial charge is 0.497 e. The SMILES string of the molecule is COc1ccc(OC)c([C@H]2[C@@H](C(=O)Nc3ccc(Cl)cc3)[C@H](C)Nc3ncnn32)c1. The maximum absolute atomic E-state index is 13.4. The monoisotopic (exact) mass is 427 g/mol. The average molecular weight is 428 g/mol. The summed E-state index contributed by atoms with van der Waals surface area (Å²) in [5, 5.41) is 11.2. The Morgan fingerprint density at radius 3 is 2.63 bits per heavy atom. The van der Waals surface area contributed by atoms with E-state index in [9.17, 15) is 4.79 Å². The van der Waals surface area contributed by atoms with Gasteiger partial charge in [0.15, 0.2) is 0 Å². The molecule has 1 amide bonds. The number of carbonyl (C=O) groups is 1. The first kappa shape index (κ1) is 20.0. The highest BCUT2D eigenvalue weighted by atomic mass is 35.5. The van der Waals surface area contributed by atoms with E-state index < -0.39 is 12.0 Å². The van der Waals surface area contributed by atoms with Gasteiger partial charge in [-0.1, -0.05) is 11.6 Å². The lowest BCUT2D eigenvalue weighted by Gasteiger charge is -2.37. The Hall–Kier alpha value is -3.26. The molecule has 2 N–H and O–H groups in total. The number of ether oxygens (including phenoxy) is 2. The van der Waals surface area contributed by atoms with E-state index in [4.69, 9.17) is 21.1 Å². The van der Waals surface area contributed by atoms with E-state index in [-0.39, 0.29) is 11.9 Å². The number of anilines is 2. The van der Waals surface area contributed by atoms with Crippen LogP contribution in [0.4, 0.5) is 11.6 Å². The molecule has 1 aliphatic heterocycles. The van der Waals surface area contributed by atoms with Crippen molar-refractivity contribution in [3.8, 4) is 11.5 Å². The number of halogens is 1. The van der Waals surface area contributed by atoms with Gasteiger partial charge in [-0.15, -0.1) is 0 Å². The Morgan fingerprint density at radius 2 is 1.93 bits per heavy atom. The van der Waals surface area contributed by atoms with Gasteiger partial charge in [0.25, 0.3) is 0 Å². The van der Waals surface area contributed by atoms with Gasteiger partial charge in [0.1, 0.15) is 17.8 Å². The van der Waals surface area contributed by atoms with E-state index in [0.29, 0.717) is 28.2 Å². The second kappa shape index (κ2) is 8.23. The Balaban J connectivity index is 1.78. The van der Waals surface area contributed by atoms with Crippen LogP contribution in [0.2, 0.25) is 5.02 Å². The van der Waals surface area contributed by atoms with Crippen molar-refractivity contribution in [2.75, 3.05) is 24.9 Å². The Kier molecular flexibility index (Phi) is 5.50. The van der Waals surface area contributed by atoms with E-state index >= 15 is 0 Å². The Labute approximate surface area is 179 Å². The van der Waals surface area contributed by atoms with Crippen molar-refractivity contribution in [3.05, 3.63) is 59.4 Å². The number of rotatable bonds is 5. The number of fused-ring (bicyclic) bond motifs is 1. The molecule has 4 rings (SSSR count). The number of methoxy groups -OCH3 is 2. The molecule has 3 atom stereocenters. The first-order valence-corrected chi connectivity index (χ1v) is 9.84. The molecule has 0 spiro atoms. The highest BCUT2D eigenvalue weighted by Crippen LogP contribution is 2.41. The minimum absolute atomic E-state index is 0.159. The van der Waals surface area contributed by atoms with Gasteiger partial charge in [-0.2, -0.15) is 10.1 Å². The smallest absolute Gasteiger partial charge is 0.232 e. The van der Waals surface area contributed by atoms with Crippen LogP contribution in [0.3, 0.4) is 0 Å². The summed E-state index contributed by atoms with van der Waals surface area (Å²) in [6.45, 7) is 1.95. The summed E-state index contributed by atoms with van der Waals surface area (Å²) in [5.74, 6) is 1.23. The number of carbonyl (C=O) groups excluding carboxylic acids is 1. The first-order chi connectivity index (χ1) is 14.5. The second-order valence-corrected chi connectivity index (χ2v) is 7.47. The summed E-state index contributed by atoms with van der Waals surface area (Å²) < 4.78 is 12.7. The quantitative estimate of drug-likeness (QED) is 0.646. The molecule has 0 saturated heterocycles. The molecule has 3 aromatic rings. The van der Waals surface area contributed by atoms with Crippen molar-refractivity contribution in [2.45, 2.75) is 19.0 Å². The third-order valence-electron chi connectivity index (χ3n) is 5.24. The van der Waals surface area contributed by atoms with Crippen molar-refractivity contribution in [2.24, 2.45) is 5.92 Å². The molecular weight excluding hydrogens is 406 g/mol. The fourth-order valence-corrected chi connectivity index (χ4v) is 3.93. The molecule has 0 radical (unpaired) electrons. The summed E-state index contributed by atoms with van der Waals surface area (Å²) in [5.41, 5.74) is 1.45. The van der Waals surface area contributed by atoms with Crippen LogP contribution in [0.5, 0.6) is 11.5 Å². The fraction of sp³-hybridized carbons (Fsp3) is 0.286.